The maximum absolute atomic E-state index is 10.5. The molecule has 1 N–H and O–H groups in total. The zero-order valence-corrected chi connectivity index (χ0v) is 14.0. The van der Waals surface area contributed by atoms with Gasteiger partial charge in [-0.2, -0.15) is 8.42 Å². The van der Waals surface area contributed by atoms with Crippen LogP contribution in [-0.4, -0.2) is 19.6 Å². The first-order valence-electron chi connectivity index (χ1n) is 7.40. The second-order valence-corrected chi connectivity index (χ2v) is 6.39. The van der Waals surface area contributed by atoms with Crippen molar-refractivity contribution >= 4 is 10.1 Å². The van der Waals surface area contributed by atoms with Gasteiger partial charge in [0.05, 0.1) is 4.90 Å². The van der Waals surface area contributed by atoms with Crippen molar-refractivity contribution in [2.75, 3.05) is 6.61 Å². The third-order valence-electron chi connectivity index (χ3n) is 2.96. The lowest BCUT2D eigenvalue weighted by atomic mass is 10.1. The van der Waals surface area contributed by atoms with Gasteiger partial charge in [-0.05, 0) is 31.9 Å². The Morgan fingerprint density at radius 2 is 1.59 bits per heavy atom. The maximum atomic E-state index is 10.5. The molecule has 0 bridgehead atoms. The summed E-state index contributed by atoms with van der Waals surface area (Å²) in [6.45, 7) is 4.52. The Hall–Kier alpha value is -1.47. The quantitative estimate of drug-likeness (QED) is 0.315. The van der Waals surface area contributed by atoms with Crippen LogP contribution in [-0.2, 0) is 15.0 Å². The van der Waals surface area contributed by atoms with Crippen LogP contribution in [0.25, 0.3) is 0 Å². The number of aryl methyl sites for hydroxylation is 1. The molecule has 0 saturated carbocycles. The Morgan fingerprint density at radius 3 is 2.09 bits per heavy atom. The van der Waals surface area contributed by atoms with Gasteiger partial charge in [0.15, 0.2) is 5.34 Å². The van der Waals surface area contributed by atoms with Gasteiger partial charge in [0.2, 0.25) is 0 Å². The molecule has 1 aromatic carbocycles. The highest BCUT2D eigenvalue weighted by atomic mass is 32.2. The third kappa shape index (κ3) is 11.2. The van der Waals surface area contributed by atoms with E-state index in [0.29, 0.717) is 6.61 Å². The van der Waals surface area contributed by atoms with E-state index in [9.17, 15) is 13.3 Å². The van der Waals surface area contributed by atoms with Crippen molar-refractivity contribution in [1.82, 2.24) is 0 Å². The molecule has 0 atom stereocenters. The van der Waals surface area contributed by atoms with Crippen LogP contribution in [0, 0.1) is 11.8 Å². The largest absolute Gasteiger partial charge is 0.364 e. The van der Waals surface area contributed by atoms with Gasteiger partial charge in [0.1, 0.15) is 6.61 Å². The predicted molar refractivity (Wildman–Crippen MR) is 86.1 cm³/mol. The summed E-state index contributed by atoms with van der Waals surface area (Å²) in [7, 11) is -4.02. The lowest BCUT2D eigenvalue weighted by Crippen LogP contribution is -1.96. The average Bonchev–Trinajstić information content (AvgIpc) is 2.47. The van der Waals surface area contributed by atoms with E-state index in [1.165, 1.54) is 37.8 Å². The minimum Gasteiger partial charge on any atom is -0.364 e. The molecule has 0 aliphatic heterocycles. The van der Waals surface area contributed by atoms with Crippen molar-refractivity contribution < 1.29 is 17.8 Å². The summed E-state index contributed by atoms with van der Waals surface area (Å²) < 4.78 is 29.6. The molecule has 126 valence electrons. The van der Waals surface area contributed by atoms with Gasteiger partial charge >= 0.3 is 0 Å². The van der Waals surface area contributed by atoms with Crippen LogP contribution in [0.4, 0.5) is 0 Å². The van der Waals surface area contributed by atoms with E-state index < -0.39 is 10.1 Å². The van der Waals surface area contributed by atoms with Crippen molar-refractivity contribution in [2.24, 2.45) is 5.34 Å². The smallest absolute Gasteiger partial charge is 0.294 e. The monoisotopic (exact) mass is 331 g/mol. The molecule has 1 aromatic rings. The Balaban J connectivity index is 0.000000401. The van der Waals surface area contributed by atoms with E-state index >= 15 is 0 Å². The van der Waals surface area contributed by atoms with Gasteiger partial charge in [-0.3, -0.25) is 4.55 Å². The number of hydrogen-bond donors (Lipinski definition) is 1. The Bertz CT molecular complexity index is 499. The summed E-state index contributed by atoms with van der Waals surface area (Å²) in [5.74, 6) is 0. The Kier molecular flexibility index (Phi) is 11.3. The Morgan fingerprint density at radius 1 is 1.05 bits per heavy atom. The second-order valence-electron chi connectivity index (χ2n) is 4.96. The van der Waals surface area contributed by atoms with Crippen LogP contribution in [0.15, 0.2) is 34.5 Å². The molecule has 7 heteroatoms. The molecule has 0 heterocycles. The van der Waals surface area contributed by atoms with Gasteiger partial charge in [0.25, 0.3) is 10.1 Å². The molecule has 0 amide bonds. The van der Waals surface area contributed by atoms with Gasteiger partial charge in [-0.25, -0.2) is 0 Å². The van der Waals surface area contributed by atoms with Crippen molar-refractivity contribution in [3.05, 3.63) is 34.7 Å². The summed E-state index contributed by atoms with van der Waals surface area (Å²) >= 11 is 0. The molecule has 0 spiro atoms. The van der Waals surface area contributed by atoms with Crippen LogP contribution < -0.4 is 0 Å². The molecule has 0 saturated heterocycles. The normalized spacial score (nSPS) is 10.5. The number of unbranched alkanes of at least 4 members (excludes halogenated alkanes) is 5. The SMILES string of the molecule is CCCCCCCCON=O.Cc1ccc(S(=O)(=O)O)cc1. The first kappa shape index (κ1) is 20.5. The fourth-order valence-electron chi connectivity index (χ4n) is 1.69. The van der Waals surface area contributed by atoms with Crippen LogP contribution in [0.1, 0.15) is 51.0 Å². The fourth-order valence-corrected chi connectivity index (χ4v) is 2.17. The van der Waals surface area contributed by atoms with E-state index in [1.54, 1.807) is 12.1 Å². The number of rotatable bonds is 9. The van der Waals surface area contributed by atoms with Crippen LogP contribution >= 0.6 is 0 Å². The van der Waals surface area contributed by atoms with Gasteiger partial charge in [0, 0.05) is 0 Å². The molecular formula is C15H25NO5S. The average molecular weight is 331 g/mol. The van der Waals surface area contributed by atoms with Gasteiger partial charge < -0.3 is 4.84 Å². The summed E-state index contributed by atoms with van der Waals surface area (Å²) in [5.41, 5.74) is 0.956. The van der Waals surface area contributed by atoms with Crippen LogP contribution in [0.2, 0.25) is 0 Å². The molecule has 0 radical (unpaired) electrons. The van der Waals surface area contributed by atoms with E-state index in [0.717, 1.165) is 18.4 Å². The zero-order valence-electron chi connectivity index (χ0n) is 13.2. The molecule has 0 aromatic heterocycles. The van der Waals surface area contributed by atoms with E-state index in [-0.39, 0.29) is 4.90 Å². The highest BCUT2D eigenvalue weighted by Crippen LogP contribution is 2.08. The summed E-state index contributed by atoms with van der Waals surface area (Å²) in [4.78, 5) is 13.7. The van der Waals surface area contributed by atoms with Crippen LogP contribution in [0.3, 0.4) is 0 Å². The standard InChI is InChI=1S/C8H17NO2.C7H8O3S/c1-2-3-4-5-6-7-8-11-9-10;1-6-2-4-7(5-3-6)11(8,9)10/h2-8H2,1H3;2-5H,1H3,(H,8,9,10). The lowest BCUT2D eigenvalue weighted by molar-refractivity contribution is 0.135. The first-order valence-corrected chi connectivity index (χ1v) is 8.84. The van der Waals surface area contributed by atoms with Crippen molar-refractivity contribution in [2.45, 2.75) is 57.3 Å². The molecule has 6 nitrogen and oxygen atoms in total. The number of nitrogens with zero attached hydrogens (tertiary/aromatic N) is 1. The molecule has 0 fully saturated rings. The third-order valence-corrected chi connectivity index (χ3v) is 3.83. The highest BCUT2D eigenvalue weighted by molar-refractivity contribution is 7.85. The van der Waals surface area contributed by atoms with Gasteiger partial charge in [-0.1, -0.05) is 50.3 Å². The number of hydrogen-bond acceptors (Lipinski definition) is 5. The summed E-state index contributed by atoms with van der Waals surface area (Å²) in [6, 6.07) is 5.99. The van der Waals surface area contributed by atoms with Crippen LogP contribution in [0.5, 0.6) is 0 Å². The predicted octanol–water partition coefficient (Wildman–Crippen LogP) is 4.29. The van der Waals surface area contributed by atoms with Crippen molar-refractivity contribution in [3.63, 3.8) is 0 Å². The van der Waals surface area contributed by atoms with E-state index in [4.69, 9.17) is 4.55 Å². The lowest BCUT2D eigenvalue weighted by Gasteiger charge is -1.97. The first-order chi connectivity index (χ1) is 10.4. The highest BCUT2D eigenvalue weighted by Gasteiger charge is 2.06. The topological polar surface area (TPSA) is 93.0 Å². The fraction of sp³-hybridized carbons (Fsp3) is 0.600. The summed E-state index contributed by atoms with van der Waals surface area (Å²) in [5, 5.41) is 2.32. The van der Waals surface area contributed by atoms with E-state index in [2.05, 4.69) is 17.1 Å². The second kappa shape index (κ2) is 12.1. The Labute approximate surface area is 132 Å². The molecule has 1 rings (SSSR count). The molecule has 0 aliphatic carbocycles. The van der Waals surface area contributed by atoms with E-state index in [1.807, 2.05) is 6.92 Å². The van der Waals surface area contributed by atoms with Crippen molar-refractivity contribution in [3.8, 4) is 0 Å². The minimum absolute atomic E-state index is 0.0666. The molecular weight excluding hydrogens is 306 g/mol. The molecule has 0 unspecified atom stereocenters. The zero-order chi connectivity index (χ0) is 16.8. The summed E-state index contributed by atoms with van der Waals surface area (Å²) in [6.07, 6.45) is 7.23. The number of benzene rings is 1. The molecule has 22 heavy (non-hydrogen) atoms. The van der Waals surface area contributed by atoms with Crippen molar-refractivity contribution in [1.29, 1.82) is 0 Å². The van der Waals surface area contributed by atoms with Gasteiger partial charge in [-0.15, -0.1) is 4.91 Å². The molecule has 0 aliphatic rings. The minimum atomic E-state index is -4.02. The maximum Gasteiger partial charge on any atom is 0.294 e.